The van der Waals surface area contributed by atoms with E-state index in [2.05, 4.69) is 9.84 Å². The van der Waals surface area contributed by atoms with Crippen LogP contribution >= 0.6 is 0 Å². The van der Waals surface area contributed by atoms with Gasteiger partial charge in [0.2, 0.25) is 0 Å². The number of ether oxygens (including phenoxy) is 2. The number of hydrogen-bond donors (Lipinski definition) is 1. The van der Waals surface area contributed by atoms with Gasteiger partial charge in [0.1, 0.15) is 12.3 Å². The molecule has 0 aromatic heterocycles. The highest BCUT2D eigenvalue weighted by molar-refractivity contribution is 6.03. The second-order valence-corrected chi connectivity index (χ2v) is 8.02. The monoisotopic (exact) mass is 513 g/mol. The van der Waals surface area contributed by atoms with Crippen LogP contribution in [0.5, 0.6) is 11.5 Å². The third-order valence-electron chi connectivity index (χ3n) is 5.67. The lowest BCUT2D eigenvalue weighted by molar-refractivity contribution is -0.167. The number of halogens is 5. The Bertz CT molecular complexity index is 1110. The molecule has 0 saturated carbocycles. The van der Waals surface area contributed by atoms with Gasteiger partial charge in [0.15, 0.2) is 11.5 Å². The maximum absolute atomic E-state index is 12.9. The van der Waals surface area contributed by atoms with Gasteiger partial charge in [-0.25, -0.2) is 0 Å². The van der Waals surface area contributed by atoms with Gasteiger partial charge in [0.25, 0.3) is 0 Å². The van der Waals surface area contributed by atoms with Crippen LogP contribution in [0.2, 0.25) is 0 Å². The van der Waals surface area contributed by atoms with Crippen molar-refractivity contribution >= 4 is 23.6 Å². The van der Waals surface area contributed by atoms with Crippen LogP contribution in [0.1, 0.15) is 30.9 Å². The topological polar surface area (TPSA) is 80.2 Å². The first-order valence-corrected chi connectivity index (χ1v) is 11.0. The number of carbonyl (C=O) groups is 2. The van der Waals surface area contributed by atoms with E-state index in [0.29, 0.717) is 29.7 Å². The highest BCUT2D eigenvalue weighted by Gasteiger charge is 2.38. The maximum Gasteiger partial charge on any atom is 0.471 e. The first-order chi connectivity index (χ1) is 17.0. The largest absolute Gasteiger partial charge is 0.493 e. The number of amides is 1. The smallest absolute Gasteiger partial charge is 0.471 e. The molecule has 12 heteroatoms. The summed E-state index contributed by atoms with van der Waals surface area (Å²) in [6.07, 6.45) is -3.18. The van der Waals surface area contributed by atoms with Crippen molar-refractivity contribution in [2.45, 2.75) is 45.1 Å². The van der Waals surface area contributed by atoms with Crippen molar-refractivity contribution in [3.63, 3.8) is 0 Å². The van der Waals surface area contributed by atoms with Gasteiger partial charge in [-0.3, -0.25) is 9.80 Å². The average Bonchev–Trinajstić information content (AvgIpc) is 2.84. The fraction of sp³-hybridized carbons (Fsp3) is 0.375. The third-order valence-corrected chi connectivity index (χ3v) is 5.67. The van der Waals surface area contributed by atoms with Crippen LogP contribution in [-0.2, 0) is 16.1 Å². The summed E-state index contributed by atoms with van der Waals surface area (Å²) in [5.41, 5.74) is 1.69. The van der Waals surface area contributed by atoms with Crippen molar-refractivity contribution in [2.75, 3.05) is 12.4 Å². The number of hydrogen-bond acceptors (Lipinski definition) is 6. The standard InChI is InChI=1S/C24H24F5N3O4/c1-3-15-10-18(13-33)32(12-14-4-7-17(8-5-14)30-22(34)24(27,28)29)31-21(15)16-6-9-19(35-2)20(11-16)36-23(25)26/h4-9,11,13,15,18,23H,3,10,12H2,1-2H3,(H,30,34). The number of nitrogens with one attached hydrogen (secondary N) is 1. The van der Waals surface area contributed by atoms with Crippen LogP contribution < -0.4 is 14.8 Å². The van der Waals surface area contributed by atoms with Crippen LogP contribution in [0, 0.1) is 5.92 Å². The number of methoxy groups -OCH3 is 1. The molecule has 194 valence electrons. The molecule has 0 spiro atoms. The Kier molecular flexibility index (Phi) is 8.49. The summed E-state index contributed by atoms with van der Waals surface area (Å²) in [7, 11) is 1.33. The van der Waals surface area contributed by atoms with Gasteiger partial charge in [0.05, 0.1) is 19.4 Å². The SMILES string of the molecule is CCC1CC(C=O)N(Cc2ccc(NC(=O)C(F)(F)F)cc2)N=C1c1ccc(OC)c(OC(F)F)c1. The zero-order valence-corrected chi connectivity index (χ0v) is 19.4. The van der Waals surface area contributed by atoms with Crippen molar-refractivity contribution < 1.29 is 41.0 Å². The fourth-order valence-corrected chi connectivity index (χ4v) is 3.86. The summed E-state index contributed by atoms with van der Waals surface area (Å²) in [5, 5.41) is 7.95. The molecule has 0 saturated heterocycles. The van der Waals surface area contributed by atoms with Gasteiger partial charge in [-0.1, -0.05) is 19.1 Å². The molecule has 2 unspecified atom stereocenters. The van der Waals surface area contributed by atoms with Crippen LogP contribution in [0.3, 0.4) is 0 Å². The van der Waals surface area contributed by atoms with E-state index in [1.807, 2.05) is 6.92 Å². The third kappa shape index (κ3) is 6.49. The first kappa shape index (κ1) is 26.9. The van der Waals surface area contributed by atoms with Crippen molar-refractivity contribution in [1.29, 1.82) is 0 Å². The molecule has 1 N–H and O–H groups in total. The van der Waals surface area contributed by atoms with E-state index in [1.54, 1.807) is 11.4 Å². The highest BCUT2D eigenvalue weighted by Crippen LogP contribution is 2.34. The molecule has 0 fully saturated rings. The lowest BCUT2D eigenvalue weighted by Gasteiger charge is -2.35. The molecule has 1 aliphatic heterocycles. The molecular weight excluding hydrogens is 489 g/mol. The molecule has 36 heavy (non-hydrogen) atoms. The van der Waals surface area contributed by atoms with Gasteiger partial charge in [0, 0.05) is 17.2 Å². The lowest BCUT2D eigenvalue weighted by atomic mass is 9.87. The van der Waals surface area contributed by atoms with Crippen molar-refractivity contribution in [3.8, 4) is 11.5 Å². The molecule has 0 bridgehead atoms. The Balaban J connectivity index is 1.88. The van der Waals surface area contributed by atoms with E-state index >= 15 is 0 Å². The van der Waals surface area contributed by atoms with Gasteiger partial charge >= 0.3 is 18.7 Å². The summed E-state index contributed by atoms with van der Waals surface area (Å²) in [4.78, 5) is 22.9. The van der Waals surface area contributed by atoms with E-state index in [4.69, 9.17) is 4.74 Å². The summed E-state index contributed by atoms with van der Waals surface area (Å²) in [6.45, 7) is -0.983. The number of carbonyl (C=O) groups excluding carboxylic acids is 2. The molecule has 2 aromatic rings. The summed E-state index contributed by atoms with van der Waals surface area (Å²) >= 11 is 0. The van der Waals surface area contributed by atoms with Gasteiger partial charge < -0.3 is 19.6 Å². The van der Waals surface area contributed by atoms with Crippen molar-refractivity contribution in [2.24, 2.45) is 11.0 Å². The second-order valence-electron chi connectivity index (χ2n) is 8.02. The van der Waals surface area contributed by atoms with Gasteiger partial charge in [-0.05, 0) is 48.7 Å². The number of rotatable bonds is 9. The minimum absolute atomic E-state index is 0.0355. The Morgan fingerprint density at radius 2 is 1.89 bits per heavy atom. The van der Waals surface area contributed by atoms with E-state index < -0.39 is 24.7 Å². The maximum atomic E-state index is 12.9. The summed E-state index contributed by atoms with van der Waals surface area (Å²) < 4.78 is 72.8. The Morgan fingerprint density at radius 1 is 1.19 bits per heavy atom. The van der Waals surface area contributed by atoms with Gasteiger partial charge in [-0.2, -0.15) is 27.1 Å². The predicted octanol–water partition coefficient (Wildman–Crippen LogP) is 5.00. The quantitative estimate of drug-likeness (QED) is 0.377. The molecule has 1 heterocycles. The molecule has 1 amide bonds. The minimum atomic E-state index is -5.01. The molecule has 7 nitrogen and oxygen atoms in total. The molecule has 2 aromatic carbocycles. The number of hydrazone groups is 1. The molecule has 1 aliphatic rings. The Hall–Kier alpha value is -3.70. The highest BCUT2D eigenvalue weighted by atomic mass is 19.4. The van der Waals surface area contributed by atoms with Crippen molar-refractivity contribution in [3.05, 3.63) is 53.6 Å². The molecule has 3 rings (SSSR count). The molecule has 0 aliphatic carbocycles. The molecule has 2 atom stereocenters. The fourth-order valence-electron chi connectivity index (χ4n) is 3.86. The minimum Gasteiger partial charge on any atom is -0.493 e. The van der Waals surface area contributed by atoms with Gasteiger partial charge in [-0.15, -0.1) is 0 Å². The molecule has 0 radical (unpaired) electrons. The number of benzene rings is 2. The van der Waals surface area contributed by atoms with Crippen LogP contribution in [0.25, 0.3) is 0 Å². The van der Waals surface area contributed by atoms with E-state index in [0.717, 1.165) is 6.29 Å². The number of alkyl halides is 5. The normalized spacial score (nSPS) is 18.0. The number of aldehydes is 1. The lowest BCUT2D eigenvalue weighted by Crippen LogP contribution is -2.41. The van der Waals surface area contributed by atoms with Crippen LogP contribution in [0.15, 0.2) is 47.6 Å². The van der Waals surface area contributed by atoms with E-state index in [1.165, 1.54) is 48.5 Å². The second kappa shape index (κ2) is 11.4. The van der Waals surface area contributed by atoms with Crippen LogP contribution in [-0.4, -0.2) is 48.9 Å². The first-order valence-electron chi connectivity index (χ1n) is 11.0. The summed E-state index contributed by atoms with van der Waals surface area (Å²) in [5.74, 6) is -2.24. The predicted molar refractivity (Wildman–Crippen MR) is 121 cm³/mol. The van der Waals surface area contributed by atoms with E-state index in [9.17, 15) is 31.5 Å². The number of anilines is 1. The molecular formula is C24H24F5N3O4. The zero-order valence-electron chi connectivity index (χ0n) is 19.4. The number of nitrogens with zero attached hydrogens (tertiary/aromatic N) is 2. The van der Waals surface area contributed by atoms with E-state index in [-0.39, 0.29) is 29.6 Å². The average molecular weight is 513 g/mol. The Labute approximate surface area is 203 Å². The van der Waals surface area contributed by atoms with Crippen LogP contribution in [0.4, 0.5) is 27.6 Å². The summed E-state index contributed by atoms with van der Waals surface area (Å²) in [6, 6.07) is 9.64. The Morgan fingerprint density at radius 3 is 2.44 bits per heavy atom. The zero-order chi connectivity index (χ0) is 26.5. The van der Waals surface area contributed by atoms with Crippen molar-refractivity contribution in [1.82, 2.24) is 5.01 Å².